The smallest absolute Gasteiger partial charge is 0.255 e. The van der Waals surface area contributed by atoms with E-state index in [-0.39, 0.29) is 5.56 Å². The first-order valence-electron chi connectivity index (χ1n) is 6.72. The van der Waals surface area contributed by atoms with Crippen LogP contribution in [-0.4, -0.2) is 75.1 Å². The van der Waals surface area contributed by atoms with E-state index in [2.05, 4.69) is 5.32 Å². The van der Waals surface area contributed by atoms with Crippen LogP contribution < -0.4 is 10.1 Å². The fourth-order valence-corrected chi connectivity index (χ4v) is 2.47. The first-order chi connectivity index (χ1) is 10.4. The van der Waals surface area contributed by atoms with E-state index in [4.69, 9.17) is 4.74 Å². The van der Waals surface area contributed by atoms with Gasteiger partial charge in [0.1, 0.15) is 36.3 Å². The number of amides is 1. The Bertz CT molecular complexity index is 522. The van der Waals surface area contributed by atoms with Crippen molar-refractivity contribution in [2.75, 3.05) is 7.11 Å². The Morgan fingerprint density at radius 3 is 2.00 bits per heavy atom. The van der Waals surface area contributed by atoms with Gasteiger partial charge in [0.2, 0.25) is 0 Å². The molecule has 22 heavy (non-hydrogen) atoms. The Balaban J connectivity index is 2.20. The second kappa shape index (κ2) is 6.59. The standard InChI is InChI=1S/C14H19NO7/c1-22-7-5-3-2-4-6(7)14(21)15-8-9(16)11(18)13(20)12(19)10(8)17/h2-5,8-13,16-20H,1H3,(H,15,21)/t8?,9-,10-,11-,12+,13?/m0/s1. The zero-order valence-corrected chi connectivity index (χ0v) is 11.8. The van der Waals surface area contributed by atoms with Crippen molar-refractivity contribution < 1.29 is 35.1 Å². The number of methoxy groups -OCH3 is 1. The van der Waals surface area contributed by atoms with Gasteiger partial charge in [0.05, 0.1) is 18.7 Å². The van der Waals surface area contributed by atoms with Crippen LogP contribution in [0.25, 0.3) is 0 Å². The normalized spacial score (nSPS) is 35.0. The maximum absolute atomic E-state index is 12.2. The molecular formula is C14H19NO7. The predicted octanol–water partition coefficient (Wildman–Crippen LogP) is -2.39. The molecule has 6 N–H and O–H groups in total. The number of benzene rings is 1. The number of hydrogen-bond donors (Lipinski definition) is 6. The molecule has 1 fully saturated rings. The minimum atomic E-state index is -1.70. The molecule has 0 saturated heterocycles. The van der Waals surface area contributed by atoms with Gasteiger partial charge in [0.15, 0.2) is 0 Å². The molecular weight excluding hydrogens is 294 g/mol. The lowest BCUT2D eigenvalue weighted by Crippen LogP contribution is -2.68. The molecule has 0 radical (unpaired) electrons. The third kappa shape index (κ3) is 2.92. The number of aliphatic hydroxyl groups excluding tert-OH is 5. The van der Waals surface area contributed by atoms with Gasteiger partial charge >= 0.3 is 0 Å². The summed E-state index contributed by atoms with van der Waals surface area (Å²) >= 11 is 0. The summed E-state index contributed by atoms with van der Waals surface area (Å²) in [6.45, 7) is 0. The molecule has 1 aromatic rings. The Labute approximate surface area is 126 Å². The minimum absolute atomic E-state index is 0.166. The quantitative estimate of drug-likeness (QED) is 0.366. The topological polar surface area (TPSA) is 139 Å². The van der Waals surface area contributed by atoms with Crippen molar-refractivity contribution in [3.63, 3.8) is 0 Å². The summed E-state index contributed by atoms with van der Waals surface area (Å²) in [6.07, 6.45) is -8.36. The highest BCUT2D eigenvalue weighted by molar-refractivity contribution is 5.97. The maximum atomic E-state index is 12.2. The van der Waals surface area contributed by atoms with E-state index in [0.717, 1.165) is 0 Å². The molecule has 122 valence electrons. The number of carbonyl (C=O) groups is 1. The molecule has 0 bridgehead atoms. The summed E-state index contributed by atoms with van der Waals surface area (Å²) in [5.41, 5.74) is 0.166. The molecule has 1 aromatic carbocycles. The fourth-order valence-electron chi connectivity index (χ4n) is 2.47. The summed E-state index contributed by atoms with van der Waals surface area (Å²) in [4.78, 5) is 12.2. The number of ether oxygens (including phenoxy) is 1. The van der Waals surface area contributed by atoms with Crippen molar-refractivity contribution in [2.24, 2.45) is 0 Å². The van der Waals surface area contributed by atoms with Crippen molar-refractivity contribution >= 4 is 5.91 Å². The Kier molecular flexibility index (Phi) is 4.99. The van der Waals surface area contributed by atoms with Crippen LogP contribution in [0.1, 0.15) is 10.4 Å². The van der Waals surface area contributed by atoms with E-state index >= 15 is 0 Å². The summed E-state index contributed by atoms with van der Waals surface area (Å²) in [5.74, 6) is -0.364. The van der Waals surface area contributed by atoms with Crippen LogP contribution in [0.4, 0.5) is 0 Å². The van der Waals surface area contributed by atoms with Crippen LogP contribution in [0.2, 0.25) is 0 Å². The largest absolute Gasteiger partial charge is 0.496 e. The molecule has 0 spiro atoms. The van der Waals surface area contributed by atoms with Crippen LogP contribution in [0, 0.1) is 0 Å². The average molecular weight is 313 g/mol. The molecule has 0 heterocycles. The lowest BCUT2D eigenvalue weighted by Gasteiger charge is -2.42. The van der Waals surface area contributed by atoms with E-state index in [1.165, 1.54) is 13.2 Å². The van der Waals surface area contributed by atoms with E-state index in [1.54, 1.807) is 18.2 Å². The number of rotatable bonds is 3. The number of nitrogens with one attached hydrogen (secondary N) is 1. The fraction of sp³-hybridized carbons (Fsp3) is 0.500. The van der Waals surface area contributed by atoms with E-state index in [0.29, 0.717) is 5.75 Å². The molecule has 8 heteroatoms. The molecule has 1 aliphatic rings. The van der Waals surface area contributed by atoms with Crippen LogP contribution >= 0.6 is 0 Å². The summed E-state index contributed by atoms with van der Waals surface area (Å²) in [6, 6.07) is 4.99. The van der Waals surface area contributed by atoms with Crippen LogP contribution in [-0.2, 0) is 0 Å². The van der Waals surface area contributed by atoms with E-state index < -0.39 is 42.5 Å². The Hall–Kier alpha value is -1.71. The van der Waals surface area contributed by atoms with Crippen LogP contribution in [0.3, 0.4) is 0 Å². The van der Waals surface area contributed by atoms with Gasteiger partial charge in [-0.15, -0.1) is 0 Å². The average Bonchev–Trinajstić information content (AvgIpc) is 2.54. The van der Waals surface area contributed by atoms with E-state index in [9.17, 15) is 30.3 Å². The maximum Gasteiger partial charge on any atom is 0.255 e. The SMILES string of the molecule is COc1ccccc1C(=O)NC1[C@H](O)[C@H](O)C(O)[C@H](O)[C@H]1O. The summed E-state index contributed by atoms with van der Waals surface area (Å²) in [7, 11) is 1.39. The van der Waals surface area contributed by atoms with Crippen molar-refractivity contribution in [3.8, 4) is 5.75 Å². The predicted molar refractivity (Wildman–Crippen MR) is 74.3 cm³/mol. The van der Waals surface area contributed by atoms with Gasteiger partial charge in [-0.2, -0.15) is 0 Å². The third-order valence-corrected chi connectivity index (χ3v) is 3.78. The molecule has 6 atom stereocenters. The van der Waals surface area contributed by atoms with Gasteiger partial charge in [-0.25, -0.2) is 0 Å². The Morgan fingerprint density at radius 1 is 0.955 bits per heavy atom. The van der Waals surface area contributed by atoms with Gasteiger partial charge < -0.3 is 35.6 Å². The zero-order valence-electron chi connectivity index (χ0n) is 11.8. The number of para-hydroxylation sites is 1. The monoisotopic (exact) mass is 313 g/mol. The molecule has 1 saturated carbocycles. The molecule has 8 nitrogen and oxygen atoms in total. The first kappa shape index (κ1) is 16.7. The highest BCUT2D eigenvalue weighted by Crippen LogP contribution is 2.23. The van der Waals surface area contributed by atoms with Gasteiger partial charge in [-0.1, -0.05) is 12.1 Å². The van der Waals surface area contributed by atoms with Crippen molar-refractivity contribution in [2.45, 2.75) is 36.6 Å². The highest BCUT2D eigenvalue weighted by atomic mass is 16.5. The van der Waals surface area contributed by atoms with Crippen LogP contribution in [0.5, 0.6) is 5.75 Å². The lowest BCUT2D eigenvalue weighted by molar-refractivity contribution is -0.188. The molecule has 2 unspecified atom stereocenters. The first-order valence-corrected chi connectivity index (χ1v) is 6.72. The number of hydrogen-bond acceptors (Lipinski definition) is 7. The second-order valence-electron chi connectivity index (χ2n) is 5.15. The zero-order chi connectivity index (χ0) is 16.4. The number of carbonyl (C=O) groups excluding carboxylic acids is 1. The minimum Gasteiger partial charge on any atom is -0.496 e. The van der Waals surface area contributed by atoms with Gasteiger partial charge in [-0.3, -0.25) is 4.79 Å². The summed E-state index contributed by atoms with van der Waals surface area (Å²) < 4.78 is 5.04. The van der Waals surface area contributed by atoms with Crippen molar-refractivity contribution in [1.29, 1.82) is 0 Å². The summed E-state index contributed by atoms with van der Waals surface area (Å²) in [5, 5.41) is 50.9. The van der Waals surface area contributed by atoms with Gasteiger partial charge in [0, 0.05) is 0 Å². The third-order valence-electron chi connectivity index (χ3n) is 3.78. The Morgan fingerprint density at radius 2 is 1.45 bits per heavy atom. The van der Waals surface area contributed by atoms with Crippen molar-refractivity contribution in [1.82, 2.24) is 5.32 Å². The van der Waals surface area contributed by atoms with Gasteiger partial charge in [-0.05, 0) is 12.1 Å². The lowest BCUT2D eigenvalue weighted by atomic mass is 9.83. The van der Waals surface area contributed by atoms with Crippen molar-refractivity contribution in [3.05, 3.63) is 29.8 Å². The molecule has 2 rings (SSSR count). The molecule has 0 aliphatic heterocycles. The highest BCUT2D eigenvalue weighted by Gasteiger charge is 2.48. The van der Waals surface area contributed by atoms with E-state index in [1.807, 2.05) is 0 Å². The second-order valence-corrected chi connectivity index (χ2v) is 5.15. The van der Waals surface area contributed by atoms with Gasteiger partial charge in [0.25, 0.3) is 5.91 Å². The molecule has 1 amide bonds. The molecule has 0 aromatic heterocycles. The molecule has 1 aliphatic carbocycles. The number of aliphatic hydroxyl groups is 5. The van der Waals surface area contributed by atoms with Crippen LogP contribution in [0.15, 0.2) is 24.3 Å².